The Bertz CT molecular complexity index is 1580. The number of hydrogen-bond acceptors (Lipinski definition) is 8. The van der Waals surface area contributed by atoms with Gasteiger partial charge in [0.2, 0.25) is 0 Å². The molecule has 3 heterocycles. The number of aromatic nitrogens is 7. The van der Waals surface area contributed by atoms with E-state index in [0.29, 0.717) is 4.80 Å². The van der Waals surface area contributed by atoms with Crippen LogP contribution in [0.4, 0.5) is 18.9 Å². The standard InChI is InChI=1S/C21H15ClF3N9O4/c1-9-5-10(19(37)38)6-12(16(26)35)15(9)28-18(36)14-7-11(8-33-31-20(29-32-33)21(23,24)25)30-34(14)17-13(22)3-2-4-27-17/h2-7H,8H2,1H3,(H2,26,35)(H,28,36)(H,37,38). The van der Waals surface area contributed by atoms with E-state index in [4.69, 9.17) is 17.3 Å². The number of alkyl halides is 3. The maximum Gasteiger partial charge on any atom is 0.455 e. The number of pyridine rings is 1. The van der Waals surface area contributed by atoms with E-state index in [-0.39, 0.29) is 44.6 Å². The number of nitrogens with one attached hydrogen (secondary N) is 1. The first-order valence-corrected chi connectivity index (χ1v) is 10.8. The molecule has 0 radical (unpaired) electrons. The summed E-state index contributed by atoms with van der Waals surface area (Å²) in [4.78, 5) is 41.5. The monoisotopic (exact) mass is 549 g/mol. The van der Waals surface area contributed by atoms with E-state index in [2.05, 4.69) is 30.8 Å². The van der Waals surface area contributed by atoms with Crippen molar-refractivity contribution in [1.82, 2.24) is 35.0 Å². The lowest BCUT2D eigenvalue weighted by Gasteiger charge is -2.14. The van der Waals surface area contributed by atoms with Gasteiger partial charge in [-0.15, -0.1) is 10.2 Å². The van der Waals surface area contributed by atoms with Crippen molar-refractivity contribution in [2.24, 2.45) is 5.73 Å². The Kier molecular flexibility index (Phi) is 6.82. The molecule has 4 aromatic rings. The summed E-state index contributed by atoms with van der Waals surface area (Å²) in [5, 5.41) is 25.7. The Labute approximate surface area is 215 Å². The second kappa shape index (κ2) is 9.89. The number of carbonyl (C=O) groups excluding carboxylic acids is 2. The number of rotatable bonds is 7. The third-order valence-electron chi connectivity index (χ3n) is 5.03. The number of tetrazole rings is 1. The summed E-state index contributed by atoms with van der Waals surface area (Å²) in [7, 11) is 0. The summed E-state index contributed by atoms with van der Waals surface area (Å²) in [6.07, 6.45) is -3.44. The number of halogens is 4. The molecule has 17 heteroatoms. The number of anilines is 1. The van der Waals surface area contributed by atoms with Crippen LogP contribution in [0.25, 0.3) is 5.82 Å². The van der Waals surface area contributed by atoms with Crippen molar-refractivity contribution in [2.45, 2.75) is 19.6 Å². The van der Waals surface area contributed by atoms with Gasteiger partial charge in [-0.25, -0.2) is 14.5 Å². The molecule has 0 aliphatic rings. The summed E-state index contributed by atoms with van der Waals surface area (Å²) >= 11 is 6.22. The van der Waals surface area contributed by atoms with Gasteiger partial charge in [0.1, 0.15) is 12.2 Å². The molecular weight excluding hydrogens is 535 g/mol. The summed E-state index contributed by atoms with van der Waals surface area (Å²) in [6, 6.07) is 6.47. The number of primary amides is 1. The Morgan fingerprint density at radius 1 is 1.18 bits per heavy atom. The number of nitrogens with two attached hydrogens (primary N) is 1. The largest absolute Gasteiger partial charge is 0.478 e. The SMILES string of the molecule is Cc1cc(C(=O)O)cc(C(N)=O)c1NC(=O)c1cc(Cn2nnc(C(F)(F)F)n2)nn1-c1ncccc1Cl. The third kappa shape index (κ3) is 5.29. The van der Waals surface area contributed by atoms with Gasteiger partial charge in [-0.1, -0.05) is 11.6 Å². The first kappa shape index (κ1) is 26.2. The molecule has 4 N–H and O–H groups in total. The third-order valence-corrected chi connectivity index (χ3v) is 5.32. The van der Waals surface area contributed by atoms with Crippen molar-refractivity contribution >= 4 is 35.1 Å². The zero-order chi connectivity index (χ0) is 27.8. The molecule has 13 nitrogen and oxygen atoms in total. The number of benzene rings is 1. The molecule has 196 valence electrons. The molecule has 0 atom stereocenters. The van der Waals surface area contributed by atoms with E-state index in [1.54, 1.807) is 0 Å². The van der Waals surface area contributed by atoms with E-state index >= 15 is 0 Å². The van der Waals surface area contributed by atoms with Crippen LogP contribution in [0.15, 0.2) is 36.5 Å². The number of amides is 2. The molecule has 0 fully saturated rings. The maximum atomic E-state index is 13.4. The summed E-state index contributed by atoms with van der Waals surface area (Å²) in [6.45, 7) is 1.06. The van der Waals surface area contributed by atoms with E-state index in [0.717, 1.165) is 10.7 Å². The number of carbonyl (C=O) groups is 3. The van der Waals surface area contributed by atoms with Crippen LogP contribution in [0.5, 0.6) is 0 Å². The van der Waals surface area contributed by atoms with Gasteiger partial charge in [0.25, 0.3) is 17.6 Å². The highest BCUT2D eigenvalue weighted by Gasteiger charge is 2.37. The average Bonchev–Trinajstić information content (AvgIpc) is 3.48. The van der Waals surface area contributed by atoms with E-state index in [9.17, 15) is 32.7 Å². The number of carboxylic acids is 1. The number of aromatic carboxylic acids is 1. The minimum Gasteiger partial charge on any atom is -0.478 e. The normalized spacial score (nSPS) is 11.4. The van der Waals surface area contributed by atoms with Crippen LogP contribution in [-0.2, 0) is 12.7 Å². The van der Waals surface area contributed by atoms with Crippen LogP contribution in [0.1, 0.15) is 48.3 Å². The van der Waals surface area contributed by atoms with Gasteiger partial charge >= 0.3 is 12.1 Å². The predicted molar refractivity (Wildman–Crippen MR) is 123 cm³/mol. The Balaban J connectivity index is 1.76. The van der Waals surface area contributed by atoms with Gasteiger partial charge in [0.15, 0.2) is 5.82 Å². The van der Waals surface area contributed by atoms with E-state index in [1.807, 2.05) is 0 Å². The van der Waals surface area contributed by atoms with Gasteiger partial charge in [0.05, 0.1) is 27.5 Å². The molecule has 38 heavy (non-hydrogen) atoms. The van der Waals surface area contributed by atoms with Gasteiger partial charge in [0, 0.05) is 6.20 Å². The number of aryl methyl sites for hydroxylation is 1. The van der Waals surface area contributed by atoms with E-state index in [1.165, 1.54) is 37.4 Å². The van der Waals surface area contributed by atoms with Crippen LogP contribution in [0, 0.1) is 6.92 Å². The quantitative estimate of drug-likeness (QED) is 0.311. The van der Waals surface area contributed by atoms with Crippen molar-refractivity contribution in [3.8, 4) is 5.82 Å². The summed E-state index contributed by atoms with van der Waals surface area (Å²) in [5.41, 5.74) is 4.94. The highest BCUT2D eigenvalue weighted by Crippen LogP contribution is 2.27. The Hall–Kier alpha value is -4.86. The molecule has 0 saturated carbocycles. The minimum absolute atomic E-state index is 0.0150. The molecule has 0 aliphatic carbocycles. The second-order valence-electron chi connectivity index (χ2n) is 7.72. The van der Waals surface area contributed by atoms with Crippen LogP contribution < -0.4 is 11.1 Å². The van der Waals surface area contributed by atoms with Gasteiger partial charge in [-0.05, 0) is 48.0 Å². The van der Waals surface area contributed by atoms with Crippen molar-refractivity contribution in [1.29, 1.82) is 0 Å². The fourth-order valence-electron chi connectivity index (χ4n) is 3.38. The second-order valence-corrected chi connectivity index (χ2v) is 8.13. The summed E-state index contributed by atoms with van der Waals surface area (Å²) < 4.78 is 39.6. The average molecular weight is 550 g/mol. The molecule has 0 bridgehead atoms. The van der Waals surface area contributed by atoms with Gasteiger partial charge < -0.3 is 16.2 Å². The minimum atomic E-state index is -4.81. The van der Waals surface area contributed by atoms with Crippen LogP contribution >= 0.6 is 11.6 Å². The zero-order valence-corrected chi connectivity index (χ0v) is 19.8. The molecule has 4 rings (SSSR count). The first-order chi connectivity index (χ1) is 17.8. The smallest absolute Gasteiger partial charge is 0.455 e. The molecule has 2 amide bonds. The van der Waals surface area contributed by atoms with Crippen molar-refractivity contribution in [3.05, 3.63) is 75.5 Å². The summed E-state index contributed by atoms with van der Waals surface area (Å²) in [5.74, 6) is -4.59. The molecule has 3 aromatic heterocycles. The highest BCUT2D eigenvalue weighted by atomic mass is 35.5. The number of hydrogen-bond donors (Lipinski definition) is 3. The lowest BCUT2D eigenvalue weighted by atomic mass is 10.0. The Morgan fingerprint density at radius 3 is 2.53 bits per heavy atom. The molecular formula is C21H15ClF3N9O4. The molecule has 1 aromatic carbocycles. The predicted octanol–water partition coefficient (Wildman–Crippen LogP) is 2.33. The lowest BCUT2D eigenvalue weighted by molar-refractivity contribution is -0.145. The molecule has 0 saturated heterocycles. The maximum absolute atomic E-state index is 13.4. The number of nitrogens with zero attached hydrogens (tertiary/aromatic N) is 7. The number of carboxylic acid groups (broad SMARTS) is 1. The van der Waals surface area contributed by atoms with Crippen LogP contribution in [-0.4, -0.2) is 57.9 Å². The molecule has 0 unspecified atom stereocenters. The van der Waals surface area contributed by atoms with Gasteiger partial charge in [-0.3, -0.25) is 9.59 Å². The first-order valence-electron chi connectivity index (χ1n) is 10.4. The molecule has 0 aliphatic heterocycles. The van der Waals surface area contributed by atoms with Crippen molar-refractivity contribution in [2.75, 3.05) is 5.32 Å². The fraction of sp³-hybridized carbons (Fsp3) is 0.143. The Morgan fingerprint density at radius 2 is 1.92 bits per heavy atom. The zero-order valence-electron chi connectivity index (χ0n) is 19.1. The van der Waals surface area contributed by atoms with Crippen LogP contribution in [0.3, 0.4) is 0 Å². The van der Waals surface area contributed by atoms with Crippen LogP contribution in [0.2, 0.25) is 5.02 Å². The lowest BCUT2D eigenvalue weighted by Crippen LogP contribution is -2.22. The topological polar surface area (TPSA) is 184 Å². The molecule has 0 spiro atoms. The van der Waals surface area contributed by atoms with Crippen molar-refractivity contribution in [3.63, 3.8) is 0 Å². The van der Waals surface area contributed by atoms with E-state index < -0.39 is 36.3 Å². The van der Waals surface area contributed by atoms with Crippen molar-refractivity contribution < 1.29 is 32.7 Å². The highest BCUT2D eigenvalue weighted by molar-refractivity contribution is 6.32. The van der Waals surface area contributed by atoms with Gasteiger partial charge in [-0.2, -0.15) is 23.1 Å². The fourth-order valence-corrected chi connectivity index (χ4v) is 3.58.